The lowest BCUT2D eigenvalue weighted by molar-refractivity contribution is -0.0472. The van der Waals surface area contributed by atoms with Crippen LogP contribution in [0.2, 0.25) is 0 Å². The maximum atomic E-state index is 10.3. The minimum absolute atomic E-state index is 0.184. The Morgan fingerprint density at radius 3 is 2.23 bits per heavy atom. The summed E-state index contributed by atoms with van der Waals surface area (Å²) < 4.78 is 0. The van der Waals surface area contributed by atoms with Crippen molar-refractivity contribution < 1.29 is 5.11 Å². The van der Waals surface area contributed by atoms with Crippen molar-refractivity contribution in [2.75, 3.05) is 0 Å². The molecule has 1 rings (SSSR count). The fourth-order valence-corrected chi connectivity index (χ4v) is 1.08. The van der Waals surface area contributed by atoms with Crippen molar-refractivity contribution in [2.45, 2.75) is 33.3 Å². The summed E-state index contributed by atoms with van der Waals surface area (Å²) in [7, 11) is 0. The third-order valence-electron chi connectivity index (χ3n) is 2.68. The molecule has 0 saturated carbocycles. The molecule has 1 aromatic rings. The number of hydrogen-bond donors (Lipinski definition) is 1. The standard InChI is InChI=1S/C11H17NO/c1-10(2,3)11(4,13)9-6-5-7-12-8-9/h5-8,13H,1-4H3/t11-/m0/s1. The highest BCUT2D eigenvalue weighted by Crippen LogP contribution is 2.38. The quantitative estimate of drug-likeness (QED) is 0.717. The van der Waals surface area contributed by atoms with Gasteiger partial charge in [0.2, 0.25) is 0 Å². The summed E-state index contributed by atoms with van der Waals surface area (Å²) in [4.78, 5) is 4.00. The van der Waals surface area contributed by atoms with Crippen LogP contribution in [0, 0.1) is 5.41 Å². The van der Waals surface area contributed by atoms with Crippen LogP contribution in [0.3, 0.4) is 0 Å². The molecule has 2 heteroatoms. The zero-order chi connectivity index (χ0) is 10.1. The van der Waals surface area contributed by atoms with E-state index in [-0.39, 0.29) is 5.41 Å². The Labute approximate surface area is 79.6 Å². The van der Waals surface area contributed by atoms with E-state index in [4.69, 9.17) is 0 Å². The van der Waals surface area contributed by atoms with Gasteiger partial charge < -0.3 is 5.11 Å². The second-order valence-electron chi connectivity index (χ2n) is 4.56. The molecule has 0 unspecified atom stereocenters. The Kier molecular flexibility index (Phi) is 2.44. The smallest absolute Gasteiger partial charge is 0.0931 e. The number of aromatic nitrogens is 1. The van der Waals surface area contributed by atoms with Crippen molar-refractivity contribution >= 4 is 0 Å². The highest BCUT2D eigenvalue weighted by molar-refractivity contribution is 5.19. The van der Waals surface area contributed by atoms with Crippen LogP contribution in [0.15, 0.2) is 24.5 Å². The van der Waals surface area contributed by atoms with Gasteiger partial charge in [0.15, 0.2) is 0 Å². The van der Waals surface area contributed by atoms with Gasteiger partial charge in [-0.1, -0.05) is 26.8 Å². The summed E-state index contributed by atoms with van der Waals surface area (Å²) in [5.74, 6) is 0. The maximum Gasteiger partial charge on any atom is 0.0931 e. The molecule has 0 aliphatic heterocycles. The molecule has 0 fully saturated rings. The Morgan fingerprint density at radius 2 is 1.85 bits per heavy atom. The van der Waals surface area contributed by atoms with Gasteiger partial charge >= 0.3 is 0 Å². The highest BCUT2D eigenvalue weighted by Gasteiger charge is 2.36. The van der Waals surface area contributed by atoms with E-state index in [0.29, 0.717) is 0 Å². The van der Waals surface area contributed by atoms with E-state index < -0.39 is 5.60 Å². The van der Waals surface area contributed by atoms with Crippen molar-refractivity contribution in [2.24, 2.45) is 5.41 Å². The number of aliphatic hydroxyl groups is 1. The van der Waals surface area contributed by atoms with Crippen LogP contribution in [-0.2, 0) is 5.60 Å². The summed E-state index contributed by atoms with van der Waals surface area (Å²) in [6.07, 6.45) is 3.42. The predicted octanol–water partition coefficient (Wildman–Crippen LogP) is 2.34. The summed E-state index contributed by atoms with van der Waals surface area (Å²) in [5, 5.41) is 10.3. The van der Waals surface area contributed by atoms with E-state index in [0.717, 1.165) is 5.56 Å². The topological polar surface area (TPSA) is 33.1 Å². The summed E-state index contributed by atoms with van der Waals surface area (Å²) in [6.45, 7) is 7.87. The average molecular weight is 179 g/mol. The van der Waals surface area contributed by atoms with Crippen LogP contribution >= 0.6 is 0 Å². The van der Waals surface area contributed by atoms with Gasteiger partial charge in [-0.15, -0.1) is 0 Å². The Morgan fingerprint density at radius 1 is 1.23 bits per heavy atom. The molecule has 13 heavy (non-hydrogen) atoms. The van der Waals surface area contributed by atoms with E-state index in [9.17, 15) is 5.11 Å². The third kappa shape index (κ3) is 1.89. The molecule has 1 atom stereocenters. The van der Waals surface area contributed by atoms with Gasteiger partial charge in [0.1, 0.15) is 0 Å². The normalized spacial score (nSPS) is 16.7. The summed E-state index contributed by atoms with van der Waals surface area (Å²) in [6, 6.07) is 3.74. The molecule has 0 spiro atoms. The van der Waals surface area contributed by atoms with Gasteiger partial charge in [-0.25, -0.2) is 0 Å². The van der Waals surface area contributed by atoms with Gasteiger partial charge in [0.05, 0.1) is 5.60 Å². The molecular weight excluding hydrogens is 162 g/mol. The molecule has 1 aromatic heterocycles. The second kappa shape index (κ2) is 3.11. The molecule has 72 valence electrons. The lowest BCUT2D eigenvalue weighted by atomic mass is 9.74. The zero-order valence-electron chi connectivity index (χ0n) is 8.70. The van der Waals surface area contributed by atoms with Crippen LogP contribution < -0.4 is 0 Å². The first kappa shape index (κ1) is 10.2. The van der Waals surface area contributed by atoms with Crippen molar-refractivity contribution in [3.63, 3.8) is 0 Å². The average Bonchev–Trinajstić information content (AvgIpc) is 2.04. The zero-order valence-corrected chi connectivity index (χ0v) is 8.70. The minimum Gasteiger partial charge on any atom is -0.385 e. The molecule has 0 aromatic carbocycles. The molecule has 0 bridgehead atoms. The SMILES string of the molecule is CC(C)(C)[C@@](C)(O)c1cccnc1. The molecule has 2 nitrogen and oxygen atoms in total. The van der Waals surface area contributed by atoms with Gasteiger partial charge in [-0.2, -0.15) is 0 Å². The number of rotatable bonds is 1. The van der Waals surface area contributed by atoms with Gasteiger partial charge in [0.25, 0.3) is 0 Å². The molecule has 1 heterocycles. The third-order valence-corrected chi connectivity index (χ3v) is 2.68. The number of nitrogens with zero attached hydrogens (tertiary/aromatic N) is 1. The van der Waals surface area contributed by atoms with Crippen molar-refractivity contribution in [1.29, 1.82) is 0 Å². The lowest BCUT2D eigenvalue weighted by Gasteiger charge is -2.37. The lowest BCUT2D eigenvalue weighted by Crippen LogP contribution is -2.36. The molecule has 0 amide bonds. The number of pyridine rings is 1. The largest absolute Gasteiger partial charge is 0.385 e. The summed E-state index contributed by atoms with van der Waals surface area (Å²) in [5.41, 5.74) is -0.153. The van der Waals surface area contributed by atoms with E-state index in [1.807, 2.05) is 39.8 Å². The molecule has 0 saturated heterocycles. The second-order valence-corrected chi connectivity index (χ2v) is 4.56. The Hall–Kier alpha value is -0.890. The van der Waals surface area contributed by atoms with Crippen LogP contribution in [0.5, 0.6) is 0 Å². The first-order valence-corrected chi connectivity index (χ1v) is 4.48. The molecular formula is C11H17NO. The van der Waals surface area contributed by atoms with Crippen LogP contribution in [0.1, 0.15) is 33.3 Å². The molecule has 0 aliphatic rings. The van der Waals surface area contributed by atoms with Gasteiger partial charge in [-0.05, 0) is 18.4 Å². The van der Waals surface area contributed by atoms with Crippen molar-refractivity contribution in [3.8, 4) is 0 Å². The minimum atomic E-state index is -0.832. The van der Waals surface area contributed by atoms with E-state index >= 15 is 0 Å². The first-order chi connectivity index (χ1) is 5.86. The molecule has 0 radical (unpaired) electrons. The van der Waals surface area contributed by atoms with Crippen molar-refractivity contribution in [1.82, 2.24) is 4.98 Å². The van der Waals surface area contributed by atoms with Gasteiger partial charge in [-0.3, -0.25) is 4.98 Å². The van der Waals surface area contributed by atoms with Crippen LogP contribution in [0.25, 0.3) is 0 Å². The fourth-order valence-electron chi connectivity index (χ4n) is 1.08. The molecule has 0 aliphatic carbocycles. The fraction of sp³-hybridized carbons (Fsp3) is 0.545. The monoisotopic (exact) mass is 179 g/mol. The Balaban J connectivity index is 3.08. The van der Waals surface area contributed by atoms with Crippen LogP contribution in [-0.4, -0.2) is 10.1 Å². The molecule has 1 N–H and O–H groups in total. The van der Waals surface area contributed by atoms with E-state index in [2.05, 4.69) is 4.98 Å². The van der Waals surface area contributed by atoms with Gasteiger partial charge in [0, 0.05) is 18.0 Å². The van der Waals surface area contributed by atoms with E-state index in [1.165, 1.54) is 0 Å². The maximum absolute atomic E-state index is 10.3. The van der Waals surface area contributed by atoms with E-state index in [1.54, 1.807) is 12.4 Å². The first-order valence-electron chi connectivity index (χ1n) is 4.48. The Bertz CT molecular complexity index is 272. The highest BCUT2D eigenvalue weighted by atomic mass is 16.3. The van der Waals surface area contributed by atoms with Crippen LogP contribution in [0.4, 0.5) is 0 Å². The summed E-state index contributed by atoms with van der Waals surface area (Å²) >= 11 is 0. The number of hydrogen-bond acceptors (Lipinski definition) is 2. The predicted molar refractivity (Wildman–Crippen MR) is 53.3 cm³/mol. The van der Waals surface area contributed by atoms with Crippen molar-refractivity contribution in [3.05, 3.63) is 30.1 Å².